The highest BCUT2D eigenvalue weighted by Crippen LogP contribution is 2.38. The molecule has 3 nitrogen and oxygen atoms in total. The fourth-order valence-corrected chi connectivity index (χ4v) is 3.01. The average molecular weight is 381 g/mol. The van der Waals surface area contributed by atoms with E-state index in [1.807, 2.05) is 48.5 Å². The Labute approximate surface area is 158 Å². The summed E-state index contributed by atoms with van der Waals surface area (Å²) in [5.41, 5.74) is 1.47. The van der Waals surface area contributed by atoms with Gasteiger partial charge in [0, 0.05) is 10.9 Å². The Morgan fingerprint density at radius 2 is 1.46 bits per heavy atom. The largest absolute Gasteiger partial charge is 0.440 e. The molecule has 0 saturated heterocycles. The van der Waals surface area contributed by atoms with Crippen molar-refractivity contribution >= 4 is 22.8 Å². The van der Waals surface area contributed by atoms with Gasteiger partial charge in [-0.25, -0.2) is 0 Å². The third-order valence-electron chi connectivity index (χ3n) is 4.36. The third kappa shape index (κ3) is 3.36. The predicted molar refractivity (Wildman–Crippen MR) is 101 cm³/mol. The second-order valence-electron chi connectivity index (χ2n) is 6.20. The SMILES string of the molecule is O=C(Nc1oc2ccccc2c1-c1ccccc1)c1ccc(C(F)(F)F)cc1. The molecule has 1 N–H and O–H groups in total. The number of halogens is 3. The molecule has 1 amide bonds. The lowest BCUT2D eigenvalue weighted by atomic mass is 10.0. The zero-order valence-corrected chi connectivity index (χ0v) is 14.5. The molecular formula is C22H14F3NO2. The van der Waals surface area contributed by atoms with Crippen molar-refractivity contribution in [3.8, 4) is 11.1 Å². The number of hydrogen-bond donors (Lipinski definition) is 1. The average Bonchev–Trinajstić information content (AvgIpc) is 3.06. The number of carbonyl (C=O) groups is 1. The molecule has 0 saturated carbocycles. The lowest BCUT2D eigenvalue weighted by molar-refractivity contribution is -0.137. The molecular weight excluding hydrogens is 367 g/mol. The summed E-state index contributed by atoms with van der Waals surface area (Å²) in [4.78, 5) is 12.6. The number of nitrogens with one attached hydrogen (secondary N) is 1. The highest BCUT2D eigenvalue weighted by molar-refractivity contribution is 6.09. The second kappa shape index (κ2) is 6.88. The van der Waals surface area contributed by atoms with E-state index >= 15 is 0 Å². The Morgan fingerprint density at radius 1 is 0.821 bits per heavy atom. The van der Waals surface area contributed by atoms with Gasteiger partial charge < -0.3 is 4.42 Å². The lowest BCUT2D eigenvalue weighted by Gasteiger charge is -2.08. The van der Waals surface area contributed by atoms with Crippen LogP contribution >= 0.6 is 0 Å². The minimum Gasteiger partial charge on any atom is -0.440 e. The van der Waals surface area contributed by atoms with E-state index in [9.17, 15) is 18.0 Å². The van der Waals surface area contributed by atoms with E-state index in [0.717, 1.165) is 40.8 Å². The van der Waals surface area contributed by atoms with Gasteiger partial charge in [-0.1, -0.05) is 48.5 Å². The summed E-state index contributed by atoms with van der Waals surface area (Å²) < 4.78 is 43.9. The number of anilines is 1. The zero-order chi connectivity index (χ0) is 19.7. The van der Waals surface area contributed by atoms with E-state index in [4.69, 9.17) is 4.42 Å². The van der Waals surface area contributed by atoms with Crippen LogP contribution in [0.2, 0.25) is 0 Å². The number of alkyl halides is 3. The maximum atomic E-state index is 12.7. The van der Waals surface area contributed by atoms with E-state index in [2.05, 4.69) is 5.32 Å². The number of hydrogen-bond acceptors (Lipinski definition) is 2. The van der Waals surface area contributed by atoms with Gasteiger partial charge in [-0.15, -0.1) is 0 Å². The first kappa shape index (κ1) is 17.9. The number of carbonyl (C=O) groups excluding carboxylic acids is 1. The van der Waals surface area contributed by atoms with Crippen LogP contribution in [0, 0.1) is 0 Å². The summed E-state index contributed by atoms with van der Waals surface area (Å²) in [6.45, 7) is 0. The Hall–Kier alpha value is -3.54. The number of benzene rings is 3. The van der Waals surface area contributed by atoms with Gasteiger partial charge in [-0.2, -0.15) is 13.2 Å². The quantitative estimate of drug-likeness (QED) is 0.448. The molecule has 6 heteroatoms. The minimum absolute atomic E-state index is 0.104. The smallest absolute Gasteiger partial charge is 0.416 e. The Bertz CT molecular complexity index is 1130. The number of rotatable bonds is 3. The van der Waals surface area contributed by atoms with Crippen LogP contribution in [0.5, 0.6) is 0 Å². The molecule has 0 radical (unpaired) electrons. The van der Waals surface area contributed by atoms with Crippen LogP contribution in [-0.4, -0.2) is 5.91 Å². The van der Waals surface area contributed by atoms with E-state index in [1.54, 1.807) is 6.07 Å². The van der Waals surface area contributed by atoms with Crippen molar-refractivity contribution in [2.45, 2.75) is 6.18 Å². The monoisotopic (exact) mass is 381 g/mol. The van der Waals surface area contributed by atoms with E-state index in [-0.39, 0.29) is 11.4 Å². The van der Waals surface area contributed by atoms with Crippen LogP contribution in [0.15, 0.2) is 83.3 Å². The molecule has 1 heterocycles. The summed E-state index contributed by atoms with van der Waals surface area (Å²) in [6.07, 6.45) is -4.45. The maximum Gasteiger partial charge on any atom is 0.416 e. The van der Waals surface area contributed by atoms with Crippen molar-refractivity contribution in [3.63, 3.8) is 0 Å². The van der Waals surface area contributed by atoms with Gasteiger partial charge in [0.1, 0.15) is 5.58 Å². The van der Waals surface area contributed by atoms with Crippen LogP contribution in [-0.2, 0) is 6.18 Å². The fraction of sp³-hybridized carbons (Fsp3) is 0.0455. The highest BCUT2D eigenvalue weighted by Gasteiger charge is 2.30. The lowest BCUT2D eigenvalue weighted by Crippen LogP contribution is -2.13. The van der Waals surface area contributed by atoms with Gasteiger partial charge in [0.25, 0.3) is 5.91 Å². The third-order valence-corrected chi connectivity index (χ3v) is 4.36. The molecule has 4 rings (SSSR count). The second-order valence-corrected chi connectivity index (χ2v) is 6.20. The van der Waals surface area contributed by atoms with Crippen LogP contribution in [0.25, 0.3) is 22.1 Å². The van der Waals surface area contributed by atoms with Crippen molar-refractivity contribution in [1.29, 1.82) is 0 Å². The first-order valence-corrected chi connectivity index (χ1v) is 8.49. The molecule has 0 bridgehead atoms. The molecule has 4 aromatic rings. The number of fused-ring (bicyclic) bond motifs is 1. The molecule has 0 unspecified atom stereocenters. The molecule has 28 heavy (non-hydrogen) atoms. The van der Waals surface area contributed by atoms with Gasteiger partial charge in [0.15, 0.2) is 0 Å². The van der Waals surface area contributed by atoms with E-state index < -0.39 is 17.6 Å². The summed E-state index contributed by atoms with van der Waals surface area (Å²) in [7, 11) is 0. The van der Waals surface area contributed by atoms with E-state index in [1.165, 1.54) is 0 Å². The number of furan rings is 1. The maximum absolute atomic E-state index is 12.7. The van der Waals surface area contributed by atoms with Crippen LogP contribution in [0.4, 0.5) is 19.1 Å². The minimum atomic E-state index is -4.45. The van der Waals surface area contributed by atoms with Gasteiger partial charge in [0.05, 0.1) is 11.1 Å². The molecule has 0 spiro atoms. The molecule has 3 aromatic carbocycles. The molecule has 1 aromatic heterocycles. The predicted octanol–water partition coefficient (Wildman–Crippen LogP) is 6.37. The van der Waals surface area contributed by atoms with Gasteiger partial charge in [0.2, 0.25) is 5.88 Å². The van der Waals surface area contributed by atoms with Crippen molar-refractivity contribution in [2.75, 3.05) is 5.32 Å². The molecule has 0 aliphatic carbocycles. The molecule has 0 aliphatic rings. The Kier molecular flexibility index (Phi) is 4.39. The van der Waals surface area contributed by atoms with Crippen molar-refractivity contribution in [1.82, 2.24) is 0 Å². The number of amides is 1. The molecule has 0 fully saturated rings. The molecule has 0 aliphatic heterocycles. The van der Waals surface area contributed by atoms with Crippen LogP contribution in [0.1, 0.15) is 15.9 Å². The normalized spacial score (nSPS) is 11.5. The summed E-state index contributed by atoms with van der Waals surface area (Å²) in [5, 5.41) is 3.52. The first-order valence-electron chi connectivity index (χ1n) is 8.49. The summed E-state index contributed by atoms with van der Waals surface area (Å²) in [6, 6.07) is 20.8. The molecule has 140 valence electrons. The summed E-state index contributed by atoms with van der Waals surface area (Å²) >= 11 is 0. The highest BCUT2D eigenvalue weighted by atomic mass is 19.4. The number of para-hydroxylation sites is 1. The molecule has 0 atom stereocenters. The fourth-order valence-electron chi connectivity index (χ4n) is 3.01. The van der Waals surface area contributed by atoms with Crippen LogP contribution in [0.3, 0.4) is 0 Å². The zero-order valence-electron chi connectivity index (χ0n) is 14.5. The van der Waals surface area contributed by atoms with Crippen molar-refractivity contribution in [2.24, 2.45) is 0 Å². The van der Waals surface area contributed by atoms with Gasteiger partial charge in [-0.05, 0) is 35.9 Å². The van der Waals surface area contributed by atoms with Crippen molar-refractivity contribution < 1.29 is 22.4 Å². The topological polar surface area (TPSA) is 42.2 Å². The Morgan fingerprint density at radius 3 is 2.14 bits per heavy atom. The van der Waals surface area contributed by atoms with Gasteiger partial charge in [-0.3, -0.25) is 10.1 Å². The van der Waals surface area contributed by atoms with Crippen LogP contribution < -0.4 is 5.32 Å². The van der Waals surface area contributed by atoms with E-state index in [0.29, 0.717) is 5.58 Å². The summed E-state index contributed by atoms with van der Waals surface area (Å²) in [5.74, 6) is -0.303. The Balaban J connectivity index is 1.71. The first-order chi connectivity index (χ1) is 13.4. The van der Waals surface area contributed by atoms with Gasteiger partial charge >= 0.3 is 6.18 Å². The van der Waals surface area contributed by atoms with Crippen molar-refractivity contribution in [3.05, 3.63) is 90.0 Å². The standard InChI is InChI=1S/C22H14F3NO2/c23-22(24,25)16-12-10-15(11-13-16)20(27)26-21-19(14-6-2-1-3-7-14)17-8-4-5-9-18(17)28-21/h1-13H,(H,26,27).